The second kappa shape index (κ2) is 7.93. The highest BCUT2D eigenvalue weighted by Gasteiger charge is 2.37. The summed E-state index contributed by atoms with van der Waals surface area (Å²) in [5, 5.41) is 9.20. The third-order valence-corrected chi connectivity index (χ3v) is 5.13. The largest absolute Gasteiger partial charge is 0.494 e. The van der Waals surface area contributed by atoms with E-state index in [1.807, 2.05) is 0 Å². The van der Waals surface area contributed by atoms with Gasteiger partial charge in [0, 0.05) is 35.7 Å². The van der Waals surface area contributed by atoms with Gasteiger partial charge >= 0.3 is 6.18 Å². The Morgan fingerprint density at radius 2 is 2.03 bits per heavy atom. The fraction of sp³-hybridized carbons (Fsp3) is 0.238. The molecule has 2 N–H and O–H groups in total. The molecule has 2 heterocycles. The number of nitrogens with zero attached hydrogens (tertiary/aromatic N) is 2. The molecule has 1 aliphatic rings. The van der Waals surface area contributed by atoms with Gasteiger partial charge in [0.25, 0.3) is 0 Å². The molecule has 1 unspecified atom stereocenters. The summed E-state index contributed by atoms with van der Waals surface area (Å²) in [6, 6.07) is 7.24. The van der Waals surface area contributed by atoms with Crippen LogP contribution in [-0.4, -0.2) is 35.8 Å². The van der Waals surface area contributed by atoms with E-state index in [1.54, 1.807) is 0 Å². The van der Waals surface area contributed by atoms with Crippen molar-refractivity contribution in [3.05, 3.63) is 60.2 Å². The number of ether oxygens (including phenoxy) is 1. The van der Waals surface area contributed by atoms with Crippen LogP contribution in [-0.2, 0) is 11.0 Å². The average Bonchev–Trinajstić information content (AvgIpc) is 3.39. The van der Waals surface area contributed by atoms with Gasteiger partial charge in [0.15, 0.2) is 11.6 Å². The number of nitrogens with one attached hydrogen (secondary N) is 2. The van der Waals surface area contributed by atoms with Crippen LogP contribution in [0, 0.1) is 5.82 Å². The standard InChI is InChI=1S/C21H18F4N4O2/c1-31-19-8-13(2-5-17(19)22)28-18-6-7-29(20(18)30)14-3-4-15(12-10-26-27-11-12)16(9-14)21(23,24)25/h2-5,8-11,18,28H,6-7H2,1H3,(H,26,27). The van der Waals surface area contributed by atoms with Crippen LogP contribution in [0.15, 0.2) is 48.8 Å². The minimum Gasteiger partial charge on any atom is -0.494 e. The number of hydrogen-bond donors (Lipinski definition) is 2. The Morgan fingerprint density at radius 1 is 1.23 bits per heavy atom. The molecule has 1 saturated heterocycles. The number of carbonyl (C=O) groups excluding carboxylic acids is 1. The lowest BCUT2D eigenvalue weighted by molar-refractivity contribution is -0.137. The van der Waals surface area contributed by atoms with Gasteiger partial charge < -0.3 is 15.0 Å². The number of amides is 1. The van der Waals surface area contributed by atoms with E-state index in [-0.39, 0.29) is 29.5 Å². The molecular formula is C21H18F4N4O2. The van der Waals surface area contributed by atoms with E-state index >= 15 is 0 Å². The second-order valence-corrected chi connectivity index (χ2v) is 7.04. The molecule has 162 valence electrons. The topological polar surface area (TPSA) is 70.2 Å². The summed E-state index contributed by atoms with van der Waals surface area (Å²) in [6.07, 6.45) is -1.54. The minimum atomic E-state index is -4.60. The molecule has 4 rings (SSSR count). The summed E-state index contributed by atoms with van der Waals surface area (Å²) in [4.78, 5) is 14.2. The molecule has 1 aliphatic heterocycles. The molecule has 31 heavy (non-hydrogen) atoms. The monoisotopic (exact) mass is 434 g/mol. The summed E-state index contributed by atoms with van der Waals surface area (Å²) < 4.78 is 59.6. The van der Waals surface area contributed by atoms with Crippen molar-refractivity contribution in [3.63, 3.8) is 0 Å². The number of rotatable bonds is 5. The normalized spacial score (nSPS) is 16.6. The van der Waals surface area contributed by atoms with Gasteiger partial charge in [-0.15, -0.1) is 0 Å². The smallest absolute Gasteiger partial charge is 0.417 e. The highest BCUT2D eigenvalue weighted by molar-refractivity contribution is 6.01. The van der Waals surface area contributed by atoms with Gasteiger partial charge in [-0.1, -0.05) is 6.07 Å². The first-order valence-corrected chi connectivity index (χ1v) is 9.40. The summed E-state index contributed by atoms with van der Waals surface area (Å²) >= 11 is 0. The predicted molar refractivity (Wildman–Crippen MR) is 106 cm³/mol. The van der Waals surface area contributed by atoms with E-state index in [0.29, 0.717) is 17.7 Å². The molecule has 1 fully saturated rings. The number of halogens is 4. The highest BCUT2D eigenvalue weighted by Crippen LogP contribution is 2.39. The van der Waals surface area contributed by atoms with Crippen LogP contribution >= 0.6 is 0 Å². The van der Waals surface area contributed by atoms with Crippen LogP contribution in [0.25, 0.3) is 11.1 Å². The Bertz CT molecular complexity index is 1100. The van der Waals surface area contributed by atoms with Crippen LogP contribution in [0.3, 0.4) is 0 Å². The SMILES string of the molecule is COc1cc(NC2CCN(c3ccc(-c4cn[nH]c4)c(C(F)(F)F)c3)C2=O)ccc1F. The van der Waals surface area contributed by atoms with Crippen LogP contribution < -0.4 is 15.0 Å². The summed E-state index contributed by atoms with van der Waals surface area (Å²) in [6.45, 7) is 0.247. The molecule has 1 atom stereocenters. The van der Waals surface area contributed by atoms with Gasteiger partial charge in [0.2, 0.25) is 5.91 Å². The average molecular weight is 434 g/mol. The molecule has 0 saturated carbocycles. The lowest BCUT2D eigenvalue weighted by Crippen LogP contribution is -2.33. The molecule has 0 radical (unpaired) electrons. The Labute approximate surface area is 174 Å². The van der Waals surface area contributed by atoms with Gasteiger partial charge in [-0.3, -0.25) is 9.89 Å². The summed E-state index contributed by atoms with van der Waals surface area (Å²) in [5.74, 6) is -0.880. The Hall–Kier alpha value is -3.56. The third kappa shape index (κ3) is 4.05. The zero-order chi connectivity index (χ0) is 22.2. The van der Waals surface area contributed by atoms with Crippen molar-refractivity contribution in [2.24, 2.45) is 0 Å². The van der Waals surface area contributed by atoms with Crippen molar-refractivity contribution in [1.82, 2.24) is 10.2 Å². The predicted octanol–water partition coefficient (Wildman–Crippen LogP) is 4.46. The van der Waals surface area contributed by atoms with E-state index in [2.05, 4.69) is 15.5 Å². The number of aromatic amines is 1. The fourth-order valence-corrected chi connectivity index (χ4v) is 3.61. The number of hydrogen-bond acceptors (Lipinski definition) is 4. The van der Waals surface area contributed by atoms with Crippen LogP contribution in [0.1, 0.15) is 12.0 Å². The summed E-state index contributed by atoms with van der Waals surface area (Å²) in [7, 11) is 1.33. The zero-order valence-corrected chi connectivity index (χ0v) is 16.3. The van der Waals surface area contributed by atoms with E-state index in [4.69, 9.17) is 4.74 Å². The highest BCUT2D eigenvalue weighted by atomic mass is 19.4. The first-order valence-electron chi connectivity index (χ1n) is 9.40. The molecule has 3 aromatic rings. The molecule has 10 heteroatoms. The van der Waals surface area contributed by atoms with E-state index < -0.39 is 23.6 Å². The van der Waals surface area contributed by atoms with Gasteiger partial charge in [0.05, 0.1) is 18.9 Å². The number of anilines is 2. The maximum absolute atomic E-state index is 13.7. The Balaban J connectivity index is 1.59. The van der Waals surface area contributed by atoms with Crippen LogP contribution in [0.4, 0.5) is 28.9 Å². The first-order chi connectivity index (χ1) is 14.8. The van der Waals surface area contributed by atoms with E-state index in [0.717, 1.165) is 6.07 Å². The van der Waals surface area contributed by atoms with Crippen molar-refractivity contribution < 1.29 is 27.1 Å². The van der Waals surface area contributed by atoms with Crippen molar-refractivity contribution >= 4 is 17.3 Å². The number of H-pyrrole nitrogens is 1. The van der Waals surface area contributed by atoms with Crippen molar-refractivity contribution in [2.45, 2.75) is 18.6 Å². The number of aromatic nitrogens is 2. The molecule has 0 aliphatic carbocycles. The zero-order valence-electron chi connectivity index (χ0n) is 16.3. The number of methoxy groups -OCH3 is 1. The van der Waals surface area contributed by atoms with Gasteiger partial charge in [-0.25, -0.2) is 4.39 Å². The summed E-state index contributed by atoms with van der Waals surface area (Å²) in [5.41, 5.74) is 0.0651. The first kappa shape index (κ1) is 20.7. The van der Waals surface area contributed by atoms with Crippen molar-refractivity contribution in [3.8, 4) is 16.9 Å². The molecule has 1 aromatic heterocycles. The molecule has 1 amide bonds. The molecule has 0 spiro atoms. The van der Waals surface area contributed by atoms with Crippen LogP contribution in [0.2, 0.25) is 0 Å². The quantitative estimate of drug-likeness (QED) is 0.582. The number of alkyl halides is 3. The molecular weight excluding hydrogens is 416 g/mol. The van der Waals surface area contributed by atoms with Crippen molar-refractivity contribution in [2.75, 3.05) is 23.9 Å². The Kier molecular flexibility index (Phi) is 5.30. The van der Waals surface area contributed by atoms with Gasteiger partial charge in [-0.2, -0.15) is 18.3 Å². The molecule has 2 aromatic carbocycles. The Morgan fingerprint density at radius 3 is 2.71 bits per heavy atom. The lowest BCUT2D eigenvalue weighted by atomic mass is 10.0. The maximum atomic E-state index is 13.7. The lowest BCUT2D eigenvalue weighted by Gasteiger charge is -2.21. The van der Waals surface area contributed by atoms with E-state index in [9.17, 15) is 22.4 Å². The fourth-order valence-electron chi connectivity index (χ4n) is 3.61. The van der Waals surface area contributed by atoms with Gasteiger partial charge in [0.1, 0.15) is 6.04 Å². The molecule has 6 nitrogen and oxygen atoms in total. The van der Waals surface area contributed by atoms with E-state index in [1.165, 1.54) is 54.7 Å². The van der Waals surface area contributed by atoms with Gasteiger partial charge in [-0.05, 0) is 36.2 Å². The third-order valence-electron chi connectivity index (χ3n) is 5.13. The minimum absolute atomic E-state index is 0.0234. The number of carbonyl (C=O) groups is 1. The molecule has 0 bridgehead atoms. The second-order valence-electron chi connectivity index (χ2n) is 7.04. The van der Waals surface area contributed by atoms with Crippen molar-refractivity contribution in [1.29, 1.82) is 0 Å². The number of benzene rings is 2. The van der Waals surface area contributed by atoms with Crippen LogP contribution in [0.5, 0.6) is 5.75 Å². The maximum Gasteiger partial charge on any atom is 0.417 e.